The molecule has 0 heterocycles. The molecule has 0 saturated carbocycles. The van der Waals surface area contributed by atoms with Crippen molar-refractivity contribution in [3.8, 4) is 0 Å². The van der Waals surface area contributed by atoms with Gasteiger partial charge in [-0.1, -0.05) is 48.6 Å². The molecule has 13 heavy (non-hydrogen) atoms. The van der Waals surface area contributed by atoms with Crippen molar-refractivity contribution in [2.45, 2.75) is 6.92 Å². The Kier molecular flexibility index (Phi) is 1.90. The van der Waals surface area contributed by atoms with E-state index in [1.807, 2.05) is 6.08 Å². The largest absolute Gasteiger partial charge is 0.0985 e. The van der Waals surface area contributed by atoms with E-state index in [0.29, 0.717) is 0 Å². The molecule has 0 aliphatic heterocycles. The number of hydrogen-bond acceptors (Lipinski definition) is 0. The van der Waals surface area contributed by atoms with Crippen molar-refractivity contribution >= 4 is 16.8 Å². The first-order chi connectivity index (χ1) is 6.29. The van der Waals surface area contributed by atoms with Crippen molar-refractivity contribution in [3.05, 3.63) is 54.1 Å². The number of fused-ring (bicyclic) bond motifs is 1. The Morgan fingerprint density at radius 2 is 1.77 bits per heavy atom. The summed E-state index contributed by atoms with van der Waals surface area (Å²) in [5.74, 6) is 0. The molecule has 0 radical (unpaired) electrons. The van der Waals surface area contributed by atoms with Crippen LogP contribution in [0, 0.1) is 6.92 Å². The highest BCUT2D eigenvalue weighted by Crippen LogP contribution is 2.17. The van der Waals surface area contributed by atoms with Gasteiger partial charge in [-0.25, -0.2) is 0 Å². The third-order valence-electron chi connectivity index (χ3n) is 2.26. The molecule has 0 fully saturated rings. The van der Waals surface area contributed by atoms with Gasteiger partial charge in [0.1, 0.15) is 0 Å². The minimum Gasteiger partial charge on any atom is -0.0985 e. The fourth-order valence-electron chi connectivity index (χ4n) is 1.51. The third-order valence-corrected chi connectivity index (χ3v) is 2.26. The lowest BCUT2D eigenvalue weighted by Gasteiger charge is -2.00. The van der Waals surface area contributed by atoms with E-state index >= 15 is 0 Å². The summed E-state index contributed by atoms with van der Waals surface area (Å²) in [4.78, 5) is 0. The normalized spacial score (nSPS) is 10.2. The van der Waals surface area contributed by atoms with Gasteiger partial charge in [-0.15, -0.1) is 0 Å². The van der Waals surface area contributed by atoms with Crippen LogP contribution in [0.4, 0.5) is 0 Å². The predicted molar refractivity (Wildman–Crippen MR) is 58.8 cm³/mol. The van der Waals surface area contributed by atoms with E-state index in [2.05, 4.69) is 49.9 Å². The Bertz CT molecular complexity index is 453. The van der Waals surface area contributed by atoms with Crippen molar-refractivity contribution in [2.75, 3.05) is 0 Å². The second-order valence-electron chi connectivity index (χ2n) is 3.31. The van der Waals surface area contributed by atoms with Crippen LogP contribution in [0.5, 0.6) is 0 Å². The summed E-state index contributed by atoms with van der Waals surface area (Å²) in [7, 11) is 0. The van der Waals surface area contributed by atoms with Crippen LogP contribution in [0.3, 0.4) is 0 Å². The highest BCUT2D eigenvalue weighted by Gasteiger charge is 1.93. The minimum absolute atomic E-state index is 1.18. The Morgan fingerprint density at radius 3 is 2.54 bits per heavy atom. The maximum Gasteiger partial charge on any atom is -0.0175 e. The molecule has 0 aromatic heterocycles. The molecule has 0 unspecified atom stereocenters. The monoisotopic (exact) mass is 168 g/mol. The average Bonchev–Trinajstić information content (AvgIpc) is 2.16. The maximum absolute atomic E-state index is 3.76. The molecule has 64 valence electrons. The zero-order valence-electron chi connectivity index (χ0n) is 7.75. The van der Waals surface area contributed by atoms with Gasteiger partial charge in [0.25, 0.3) is 0 Å². The molecule has 0 amide bonds. The molecule has 0 heteroatoms. The lowest BCUT2D eigenvalue weighted by molar-refractivity contribution is 1.50. The Labute approximate surface area is 78.5 Å². The van der Waals surface area contributed by atoms with Crippen LogP contribution in [-0.4, -0.2) is 0 Å². The SMILES string of the molecule is C=Cc1ccc2ccc(C)cc2c1. The van der Waals surface area contributed by atoms with E-state index in [4.69, 9.17) is 0 Å². The van der Waals surface area contributed by atoms with Crippen LogP contribution in [-0.2, 0) is 0 Å². The van der Waals surface area contributed by atoms with Gasteiger partial charge < -0.3 is 0 Å². The summed E-state index contributed by atoms with van der Waals surface area (Å²) in [5, 5.41) is 2.58. The summed E-state index contributed by atoms with van der Waals surface area (Å²) in [6.45, 7) is 5.87. The first-order valence-electron chi connectivity index (χ1n) is 4.42. The second kappa shape index (κ2) is 3.06. The highest BCUT2D eigenvalue weighted by atomic mass is 14.0. The first kappa shape index (κ1) is 8.06. The average molecular weight is 168 g/mol. The van der Waals surface area contributed by atoms with Crippen molar-refractivity contribution in [1.29, 1.82) is 0 Å². The number of benzene rings is 2. The molecule has 2 rings (SSSR count). The molecule has 0 aliphatic rings. The molecule has 0 spiro atoms. The Balaban J connectivity index is 2.74. The van der Waals surface area contributed by atoms with Gasteiger partial charge in [-0.3, -0.25) is 0 Å². The standard InChI is InChI=1S/C13H12/c1-3-11-5-7-12-6-4-10(2)8-13(12)9-11/h3-9H,1H2,2H3. The van der Waals surface area contributed by atoms with Gasteiger partial charge in [0.15, 0.2) is 0 Å². The lowest BCUT2D eigenvalue weighted by atomic mass is 10.0. The van der Waals surface area contributed by atoms with Crippen molar-refractivity contribution in [1.82, 2.24) is 0 Å². The van der Waals surface area contributed by atoms with Crippen molar-refractivity contribution < 1.29 is 0 Å². The molecule has 0 aliphatic carbocycles. The van der Waals surface area contributed by atoms with Gasteiger partial charge in [-0.2, -0.15) is 0 Å². The number of hydrogen-bond donors (Lipinski definition) is 0. The van der Waals surface area contributed by atoms with Crippen LogP contribution in [0.25, 0.3) is 16.8 Å². The molecule has 0 bridgehead atoms. The fraction of sp³-hybridized carbons (Fsp3) is 0.0769. The molecule has 0 N–H and O–H groups in total. The second-order valence-corrected chi connectivity index (χ2v) is 3.31. The zero-order chi connectivity index (χ0) is 9.26. The van der Waals surface area contributed by atoms with Gasteiger partial charge in [0.2, 0.25) is 0 Å². The van der Waals surface area contributed by atoms with E-state index in [9.17, 15) is 0 Å². The predicted octanol–water partition coefficient (Wildman–Crippen LogP) is 3.79. The van der Waals surface area contributed by atoms with Gasteiger partial charge >= 0.3 is 0 Å². The lowest BCUT2D eigenvalue weighted by Crippen LogP contribution is -1.77. The van der Waals surface area contributed by atoms with E-state index in [1.54, 1.807) is 0 Å². The molecule has 0 atom stereocenters. The highest BCUT2D eigenvalue weighted by molar-refractivity contribution is 5.85. The summed E-state index contributed by atoms with van der Waals surface area (Å²) in [6.07, 6.45) is 1.88. The summed E-state index contributed by atoms with van der Waals surface area (Å²) >= 11 is 0. The summed E-state index contributed by atoms with van der Waals surface area (Å²) in [5.41, 5.74) is 2.48. The maximum atomic E-state index is 3.76. The van der Waals surface area contributed by atoms with Crippen LogP contribution >= 0.6 is 0 Å². The zero-order valence-corrected chi connectivity index (χ0v) is 7.75. The fourth-order valence-corrected chi connectivity index (χ4v) is 1.51. The van der Waals surface area contributed by atoms with E-state index in [1.165, 1.54) is 21.9 Å². The quantitative estimate of drug-likeness (QED) is 0.607. The van der Waals surface area contributed by atoms with E-state index in [-0.39, 0.29) is 0 Å². The minimum atomic E-state index is 1.18. The summed E-state index contributed by atoms with van der Waals surface area (Å²) in [6, 6.07) is 12.9. The van der Waals surface area contributed by atoms with Gasteiger partial charge in [-0.05, 0) is 29.3 Å². The van der Waals surface area contributed by atoms with Crippen LogP contribution < -0.4 is 0 Å². The Hall–Kier alpha value is -1.56. The molecule has 0 saturated heterocycles. The molecular weight excluding hydrogens is 156 g/mol. The first-order valence-corrected chi connectivity index (χ1v) is 4.42. The van der Waals surface area contributed by atoms with E-state index < -0.39 is 0 Å². The van der Waals surface area contributed by atoms with Gasteiger partial charge in [0.05, 0.1) is 0 Å². The molecule has 2 aromatic carbocycles. The van der Waals surface area contributed by atoms with Gasteiger partial charge in [0, 0.05) is 0 Å². The van der Waals surface area contributed by atoms with Crippen LogP contribution in [0.2, 0.25) is 0 Å². The Morgan fingerprint density at radius 1 is 1.00 bits per heavy atom. The molecule has 2 aromatic rings. The van der Waals surface area contributed by atoms with Crippen molar-refractivity contribution in [3.63, 3.8) is 0 Å². The topological polar surface area (TPSA) is 0 Å². The van der Waals surface area contributed by atoms with E-state index in [0.717, 1.165) is 0 Å². The van der Waals surface area contributed by atoms with Crippen LogP contribution in [0.1, 0.15) is 11.1 Å². The third kappa shape index (κ3) is 1.48. The summed E-state index contributed by atoms with van der Waals surface area (Å²) < 4.78 is 0. The number of rotatable bonds is 1. The van der Waals surface area contributed by atoms with Crippen molar-refractivity contribution in [2.24, 2.45) is 0 Å². The smallest absolute Gasteiger partial charge is 0.0175 e. The number of aryl methyl sites for hydroxylation is 1. The van der Waals surface area contributed by atoms with Crippen LogP contribution in [0.15, 0.2) is 43.0 Å². The molecular formula is C13H12. The molecule has 0 nitrogen and oxygen atoms in total.